The van der Waals surface area contributed by atoms with Gasteiger partial charge in [0, 0.05) is 23.8 Å². The number of rotatable bonds is 4. The van der Waals surface area contributed by atoms with Crippen LogP contribution < -0.4 is 0 Å². The van der Waals surface area contributed by atoms with E-state index >= 15 is 0 Å². The molecule has 0 amide bonds. The molecule has 0 aliphatic heterocycles. The smallest absolute Gasteiger partial charge is 0.339 e. The minimum absolute atomic E-state index is 0.0670. The average molecular weight is 332 g/mol. The first-order chi connectivity index (χ1) is 11.0. The van der Waals surface area contributed by atoms with Crippen LogP contribution in [0.25, 0.3) is 0 Å². The van der Waals surface area contributed by atoms with Gasteiger partial charge in [0.2, 0.25) is 0 Å². The zero-order chi connectivity index (χ0) is 16.4. The largest absolute Gasteiger partial charge is 0.457 e. The molecule has 1 aromatic rings. The molecular formula is C18H20O4S. The van der Waals surface area contributed by atoms with Crippen molar-refractivity contribution < 1.29 is 19.1 Å². The Labute approximate surface area is 140 Å². The van der Waals surface area contributed by atoms with Gasteiger partial charge in [0.25, 0.3) is 0 Å². The van der Waals surface area contributed by atoms with Gasteiger partial charge in [-0.25, -0.2) is 4.79 Å². The van der Waals surface area contributed by atoms with Crippen molar-refractivity contribution >= 4 is 24.4 Å². The maximum Gasteiger partial charge on any atom is 0.339 e. The molecule has 1 aromatic carbocycles. The van der Waals surface area contributed by atoms with E-state index < -0.39 is 5.97 Å². The Morgan fingerprint density at radius 2 is 1.87 bits per heavy atom. The number of hydrogen-bond acceptors (Lipinski definition) is 5. The minimum atomic E-state index is -0.434. The molecule has 2 bridgehead atoms. The Kier molecular flexibility index (Phi) is 3.36. The van der Waals surface area contributed by atoms with E-state index in [1.54, 1.807) is 31.4 Å². The summed E-state index contributed by atoms with van der Waals surface area (Å²) in [5, 5.41) is 0.0670. The number of ketones is 1. The van der Waals surface area contributed by atoms with Crippen LogP contribution >= 0.6 is 12.6 Å². The molecule has 3 aliphatic rings. The summed E-state index contributed by atoms with van der Waals surface area (Å²) in [4.78, 5) is 24.3. The standard InChI is InChI=1S/C18H20O4S/c1-9(19)10-5-3-4-6-11(10)17(20)22-15-12-7-18(16(15)23)8-13(18)14(12)21-2/h3-6,12-16,23H,7-8H2,1-2H3/t12-,13?,14?,15?,16?,18-/m1/s1. The van der Waals surface area contributed by atoms with E-state index in [1.165, 1.54) is 6.92 Å². The van der Waals surface area contributed by atoms with Crippen LogP contribution in [0.5, 0.6) is 0 Å². The number of Topliss-reactive ketones (excluding diaryl/α,β-unsaturated/α-hetero) is 1. The van der Waals surface area contributed by atoms with E-state index in [0.29, 0.717) is 17.0 Å². The van der Waals surface area contributed by atoms with Gasteiger partial charge in [-0.2, -0.15) is 12.6 Å². The maximum absolute atomic E-state index is 12.6. The molecule has 1 spiro atoms. The second-order valence-corrected chi connectivity index (χ2v) is 7.58. The van der Waals surface area contributed by atoms with Crippen LogP contribution in [0.15, 0.2) is 24.3 Å². The lowest BCUT2D eigenvalue weighted by molar-refractivity contribution is -0.0308. The molecule has 4 unspecified atom stereocenters. The lowest BCUT2D eigenvalue weighted by Crippen LogP contribution is -2.41. The first-order valence-electron chi connectivity index (χ1n) is 8.01. The molecule has 0 heterocycles. The van der Waals surface area contributed by atoms with Crippen LogP contribution in [-0.2, 0) is 9.47 Å². The van der Waals surface area contributed by atoms with Gasteiger partial charge in [0.05, 0.1) is 11.7 Å². The molecule has 0 saturated heterocycles. The lowest BCUT2D eigenvalue weighted by atomic mass is 9.94. The summed E-state index contributed by atoms with van der Waals surface area (Å²) < 4.78 is 11.5. The van der Waals surface area contributed by atoms with Gasteiger partial charge in [0.15, 0.2) is 5.78 Å². The number of fused-ring (bicyclic) bond motifs is 1. The van der Waals surface area contributed by atoms with Crippen molar-refractivity contribution in [3.63, 3.8) is 0 Å². The number of methoxy groups -OCH3 is 1. The van der Waals surface area contributed by atoms with Crippen molar-refractivity contribution in [1.82, 2.24) is 0 Å². The van der Waals surface area contributed by atoms with E-state index in [2.05, 4.69) is 0 Å². The fourth-order valence-corrected chi connectivity index (χ4v) is 5.54. The van der Waals surface area contributed by atoms with Crippen molar-refractivity contribution in [2.45, 2.75) is 37.2 Å². The number of carbonyl (C=O) groups is 2. The summed E-state index contributed by atoms with van der Waals surface area (Å²) in [7, 11) is 1.73. The summed E-state index contributed by atoms with van der Waals surface area (Å²) in [6, 6.07) is 6.80. The predicted octanol–water partition coefficient (Wildman–Crippen LogP) is 2.77. The average Bonchev–Trinajstić information content (AvgIpc) is 3.11. The Bertz CT molecular complexity index is 687. The first kappa shape index (κ1) is 15.2. The number of esters is 1. The highest BCUT2D eigenvalue weighted by atomic mass is 32.1. The summed E-state index contributed by atoms with van der Waals surface area (Å²) in [5.74, 6) is 0.216. The molecule has 0 radical (unpaired) electrons. The molecule has 3 saturated carbocycles. The van der Waals surface area contributed by atoms with Crippen molar-refractivity contribution in [1.29, 1.82) is 0 Å². The zero-order valence-electron chi connectivity index (χ0n) is 13.2. The third-order valence-electron chi connectivity index (χ3n) is 5.98. The van der Waals surface area contributed by atoms with E-state index in [0.717, 1.165) is 12.8 Å². The first-order valence-corrected chi connectivity index (χ1v) is 8.53. The van der Waals surface area contributed by atoms with Crippen molar-refractivity contribution in [3.05, 3.63) is 35.4 Å². The van der Waals surface area contributed by atoms with Crippen molar-refractivity contribution in [2.75, 3.05) is 7.11 Å². The molecule has 5 heteroatoms. The van der Waals surface area contributed by atoms with Gasteiger partial charge in [-0.05, 0) is 37.2 Å². The second-order valence-electron chi connectivity index (χ2n) is 7.03. The summed E-state index contributed by atoms with van der Waals surface area (Å²) in [6.45, 7) is 1.46. The molecular weight excluding hydrogens is 312 g/mol. The summed E-state index contributed by atoms with van der Waals surface area (Å²) >= 11 is 4.75. The van der Waals surface area contributed by atoms with Gasteiger partial charge in [-0.3, -0.25) is 4.79 Å². The number of benzene rings is 1. The predicted molar refractivity (Wildman–Crippen MR) is 87.9 cm³/mol. The van der Waals surface area contributed by atoms with Crippen LogP contribution in [0.4, 0.5) is 0 Å². The molecule has 23 heavy (non-hydrogen) atoms. The van der Waals surface area contributed by atoms with E-state index in [4.69, 9.17) is 22.1 Å². The third-order valence-corrected chi connectivity index (χ3v) is 6.78. The molecule has 4 nitrogen and oxygen atoms in total. The fourth-order valence-electron chi connectivity index (χ4n) is 4.85. The molecule has 3 aliphatic carbocycles. The fraction of sp³-hybridized carbons (Fsp3) is 0.556. The second kappa shape index (κ2) is 5.08. The zero-order valence-corrected chi connectivity index (χ0v) is 14.1. The van der Waals surface area contributed by atoms with Gasteiger partial charge >= 0.3 is 5.97 Å². The molecule has 3 fully saturated rings. The summed E-state index contributed by atoms with van der Waals surface area (Å²) in [6.07, 6.45) is 2.07. The van der Waals surface area contributed by atoms with E-state index in [-0.39, 0.29) is 34.6 Å². The quantitative estimate of drug-likeness (QED) is 0.523. The Hall–Kier alpha value is -1.33. The highest BCUT2D eigenvalue weighted by Gasteiger charge is 2.76. The molecule has 6 atom stereocenters. The summed E-state index contributed by atoms with van der Waals surface area (Å²) in [5.41, 5.74) is 0.934. The topological polar surface area (TPSA) is 52.6 Å². The molecule has 4 rings (SSSR count). The number of hydrogen-bond donors (Lipinski definition) is 1. The molecule has 0 aromatic heterocycles. The highest BCUT2D eigenvalue weighted by Crippen LogP contribution is 2.75. The van der Waals surface area contributed by atoms with E-state index in [1.807, 2.05) is 0 Å². The minimum Gasteiger partial charge on any atom is -0.457 e. The number of ether oxygens (including phenoxy) is 2. The van der Waals surface area contributed by atoms with Crippen molar-refractivity contribution in [3.8, 4) is 0 Å². The SMILES string of the molecule is COC1C2C[C@]23C[C@H]1C(OC(=O)c1ccccc1C(C)=O)C3S. The van der Waals surface area contributed by atoms with Crippen LogP contribution in [0.2, 0.25) is 0 Å². The van der Waals surface area contributed by atoms with Crippen molar-refractivity contribution in [2.24, 2.45) is 17.3 Å². The van der Waals surface area contributed by atoms with E-state index in [9.17, 15) is 9.59 Å². The van der Waals surface area contributed by atoms with Crippen LogP contribution in [0, 0.1) is 17.3 Å². The normalized spacial score (nSPS) is 39.9. The monoisotopic (exact) mass is 332 g/mol. The van der Waals surface area contributed by atoms with Gasteiger partial charge in [-0.1, -0.05) is 18.2 Å². The van der Waals surface area contributed by atoms with Crippen LogP contribution in [-0.4, -0.2) is 36.3 Å². The van der Waals surface area contributed by atoms with Crippen LogP contribution in [0.3, 0.4) is 0 Å². The maximum atomic E-state index is 12.6. The highest BCUT2D eigenvalue weighted by molar-refractivity contribution is 7.81. The van der Waals surface area contributed by atoms with Crippen LogP contribution in [0.1, 0.15) is 40.5 Å². The Balaban J connectivity index is 1.57. The molecule has 0 N–H and O–H groups in total. The Morgan fingerprint density at radius 3 is 2.48 bits per heavy atom. The molecule has 122 valence electrons. The number of thiol groups is 1. The third kappa shape index (κ3) is 2.02. The van der Waals surface area contributed by atoms with Gasteiger partial charge in [-0.15, -0.1) is 0 Å². The number of carbonyl (C=O) groups excluding carboxylic acids is 2. The Morgan fingerprint density at radius 1 is 1.17 bits per heavy atom. The lowest BCUT2D eigenvalue weighted by Gasteiger charge is -2.32. The van der Waals surface area contributed by atoms with Gasteiger partial charge in [0.1, 0.15) is 6.10 Å². The van der Waals surface area contributed by atoms with Gasteiger partial charge < -0.3 is 9.47 Å².